The van der Waals surface area contributed by atoms with Crippen molar-refractivity contribution in [2.24, 2.45) is 0 Å². The molecular weight excluding hydrogens is 1670 g/mol. The Morgan fingerprint density at radius 2 is 0.463 bits per heavy atom. The largest absolute Gasteiger partial charge is 0.456 e. The van der Waals surface area contributed by atoms with Gasteiger partial charge in [0.15, 0.2) is 16.1 Å². The maximum Gasteiger partial charge on any atom is 0.221 e. The first kappa shape index (κ1) is 75.4. The van der Waals surface area contributed by atoms with Crippen molar-refractivity contribution in [3.8, 4) is 56.7 Å². The van der Waals surface area contributed by atoms with Crippen molar-refractivity contribution in [3.63, 3.8) is 0 Å². The summed E-state index contributed by atoms with van der Waals surface area (Å²) in [5.41, 5.74) is 21.7. The highest BCUT2D eigenvalue weighted by molar-refractivity contribution is 7.20. The van der Waals surface area contributed by atoms with Gasteiger partial charge in [0.2, 0.25) is 11.6 Å². The molecule has 0 spiro atoms. The molecule has 0 atom stereocenters. The van der Waals surface area contributed by atoms with Crippen LogP contribution in [0.1, 0.15) is 0 Å². The molecule has 0 bridgehead atoms. The van der Waals surface area contributed by atoms with Gasteiger partial charge in [0.1, 0.15) is 45.6 Å². The van der Waals surface area contributed by atoms with Gasteiger partial charge in [-0.25, -0.2) is 19.9 Å². The molecule has 0 unspecified atom stereocenters. The van der Waals surface area contributed by atoms with Gasteiger partial charge in [-0.1, -0.05) is 334 Å². The topological polar surface area (TPSA) is 106 Å². The predicted octanol–water partition coefficient (Wildman–Crippen LogP) is 23.7. The molecule has 0 aliphatic carbocycles. The Bertz CT molecular complexity index is 9530. The van der Waals surface area contributed by atoms with Crippen LogP contribution in [-0.2, 0) is 0 Å². The summed E-state index contributed by atoms with van der Waals surface area (Å²) in [6.07, 6.45) is 0. The molecule has 18 aromatic carbocycles. The average Bonchev–Trinajstić information content (AvgIpc) is 1.45. The van der Waals surface area contributed by atoms with Gasteiger partial charge in [0.25, 0.3) is 0 Å². The van der Waals surface area contributed by atoms with E-state index in [0.29, 0.717) is 11.6 Å². The second-order valence-corrected chi connectivity index (χ2v) is 42.8. The molecule has 12 nitrogen and oxygen atoms in total. The van der Waals surface area contributed by atoms with E-state index in [4.69, 9.17) is 28.8 Å². The number of benzene rings is 18. The molecule has 28 aromatic rings. The van der Waals surface area contributed by atoms with E-state index in [-0.39, 0.29) is 0 Å². The first-order valence-corrected chi connectivity index (χ1v) is 49.5. The summed E-state index contributed by atoms with van der Waals surface area (Å²) < 4.78 is 26.8. The summed E-state index contributed by atoms with van der Waals surface area (Å²) in [4.78, 5) is 22.9. The van der Waals surface area contributed by atoms with E-state index in [1.54, 1.807) is 0 Å². The fraction of sp³-hybridized carbons (Fsp3) is 0. The Morgan fingerprint density at radius 3 is 0.903 bits per heavy atom. The van der Waals surface area contributed by atoms with Crippen LogP contribution in [0.25, 0.3) is 200 Å². The maximum absolute atomic E-state index is 6.52. The fourth-order valence-electron chi connectivity index (χ4n) is 22.2. The van der Waals surface area contributed by atoms with Gasteiger partial charge in [0.05, 0.1) is 66.2 Å². The van der Waals surface area contributed by atoms with Crippen LogP contribution in [0.2, 0.25) is 0 Å². The third-order valence-corrected chi connectivity index (χ3v) is 37.7. The normalized spacial score (nSPS) is 12.3. The number of fused-ring (bicyclic) bond motifs is 22. The van der Waals surface area contributed by atoms with Gasteiger partial charge < -0.3 is 8.83 Å². The molecule has 0 aliphatic heterocycles. The van der Waals surface area contributed by atoms with Crippen LogP contribution in [0.4, 0.5) is 0 Å². The average molecular weight is 1750 g/mol. The lowest BCUT2D eigenvalue weighted by atomic mass is 10.0. The highest BCUT2D eigenvalue weighted by atomic mass is 28.3. The van der Waals surface area contributed by atoms with Crippen LogP contribution in [-0.4, -0.2) is 63.2 Å². The van der Waals surface area contributed by atoms with Gasteiger partial charge >= 0.3 is 0 Å². The molecule has 14 heteroatoms. The first-order chi connectivity index (χ1) is 66.4. The highest BCUT2D eigenvalue weighted by Crippen LogP contribution is 2.42. The van der Waals surface area contributed by atoms with Crippen LogP contribution < -0.4 is 41.5 Å². The van der Waals surface area contributed by atoms with Gasteiger partial charge in [0, 0.05) is 43.1 Å². The molecule has 10 heterocycles. The fourth-order valence-corrected chi connectivity index (χ4v) is 31.7. The van der Waals surface area contributed by atoms with E-state index in [1.165, 1.54) is 52.3 Å². The van der Waals surface area contributed by atoms with Crippen LogP contribution >= 0.6 is 0 Å². The van der Waals surface area contributed by atoms with Crippen LogP contribution in [0, 0.1) is 0 Å². The third-order valence-electron chi connectivity index (χ3n) is 28.2. The number of rotatable bonds is 15. The number of furan rings is 2. The van der Waals surface area contributed by atoms with Gasteiger partial charge in [-0.15, -0.1) is 0 Å². The number of hydrogen-bond donors (Lipinski definition) is 0. The summed E-state index contributed by atoms with van der Waals surface area (Å²) in [5, 5.41) is 19.2. The first-order valence-electron chi connectivity index (χ1n) is 45.5. The zero-order valence-corrected chi connectivity index (χ0v) is 74.2. The third kappa shape index (κ3) is 11.2. The zero-order chi connectivity index (χ0) is 87.9. The quantitative estimate of drug-likeness (QED) is 0.0748. The summed E-state index contributed by atoms with van der Waals surface area (Å²) in [6, 6.07) is 169. The molecule has 28 rings (SSSR count). The van der Waals surface area contributed by atoms with E-state index < -0.39 is 16.1 Å². The minimum atomic E-state index is -3.08. The number of imidazole rings is 4. The van der Waals surface area contributed by atoms with Crippen molar-refractivity contribution in [3.05, 3.63) is 461 Å². The monoisotopic (exact) mass is 1740 g/mol. The standard InChI is InChI=1S/C120H76N10O2Si2/c1-5-29-83(30-6-1)133(84-31-7-2-8-32-84,89-63-67-113-97(75-89)94-40-16-27-51-111(94)131-113)87-59-53-77(54-60-87)81-71-115(125-101-43-19-13-37-91(101)92-38-14-20-44-102(92)125)123-116(72-81)126-103-45-21-15-39-93(103)96-69-79(57-65-104(96)126)80-58-66-106-100(70-80)122-120-128(106)108-48-24-26-50-110(108)130(120)118-74-82(73-117(124-118)129-109-49-25-23-47-107(109)127-105-46-22-18-42-99(105)121-119(127)129)78-55-61-88(62-56-78)134(85-33-9-3-10-34-85,86-35-11-4-12-36-86)90-64-68-114-98(76-90)95-41-17-28-52-112(95)132-114/h1-76H. The van der Waals surface area contributed by atoms with Crippen molar-refractivity contribution >= 4 is 201 Å². The second kappa shape index (κ2) is 29.5. The van der Waals surface area contributed by atoms with Crippen LogP contribution in [0.3, 0.4) is 0 Å². The lowest BCUT2D eigenvalue weighted by Crippen LogP contribution is -2.74. The van der Waals surface area contributed by atoms with E-state index in [2.05, 4.69) is 476 Å². The molecule has 0 saturated heterocycles. The molecule has 10 aromatic heterocycles. The number of nitrogens with zero attached hydrogens (tertiary/aromatic N) is 10. The Kier molecular flexibility index (Phi) is 16.6. The molecular formula is C120H76N10O2Si2. The number of aromatic nitrogens is 10. The molecule has 134 heavy (non-hydrogen) atoms. The van der Waals surface area contributed by atoms with Crippen molar-refractivity contribution in [2.45, 2.75) is 0 Å². The molecule has 0 N–H and O–H groups in total. The number of pyridine rings is 2. The predicted molar refractivity (Wildman–Crippen MR) is 555 cm³/mol. The Balaban J connectivity index is 0.598. The molecule has 0 radical (unpaired) electrons. The summed E-state index contributed by atoms with van der Waals surface area (Å²) in [5.74, 6) is 4.53. The Labute approximate surface area is 768 Å². The van der Waals surface area contributed by atoms with Crippen LogP contribution in [0.15, 0.2) is 470 Å². The van der Waals surface area contributed by atoms with Crippen molar-refractivity contribution in [1.29, 1.82) is 0 Å². The SMILES string of the molecule is c1ccc([Si](c2ccccc2)(c2ccc(-c3cc(-n4c5ccccc5c5ccccc54)nc(-n4c5ccccc5c5cc(-c6ccc7c(c6)nc6n(-c8cc(-c9ccc([Si](c%10ccccc%10)(c%10ccccc%10)c%10ccc%11oc%12ccccc%12c%11c%10)cc9)cc(-n9c%10ccccc%10n%10c%11ccccc%11nc9%10)n8)c8ccccc8n76)ccc54)c3)cc2)c2ccc3oc4ccccc4c3c2)cc1. The van der Waals surface area contributed by atoms with Crippen molar-refractivity contribution < 1.29 is 8.83 Å². The zero-order valence-electron chi connectivity index (χ0n) is 72.2. The van der Waals surface area contributed by atoms with Crippen molar-refractivity contribution in [1.82, 2.24) is 47.0 Å². The summed E-state index contributed by atoms with van der Waals surface area (Å²) in [6.45, 7) is 0. The van der Waals surface area contributed by atoms with Gasteiger partial charge in [-0.05, 0) is 202 Å². The van der Waals surface area contributed by atoms with Gasteiger partial charge in [-0.2, -0.15) is 0 Å². The van der Waals surface area contributed by atoms with E-state index >= 15 is 0 Å². The lowest BCUT2D eigenvalue weighted by Gasteiger charge is -2.34. The smallest absolute Gasteiger partial charge is 0.221 e. The van der Waals surface area contributed by atoms with E-state index in [0.717, 1.165) is 177 Å². The molecule has 0 saturated carbocycles. The summed E-state index contributed by atoms with van der Waals surface area (Å²) >= 11 is 0. The molecule has 0 fully saturated rings. The Morgan fingerprint density at radius 1 is 0.164 bits per heavy atom. The second-order valence-electron chi connectivity index (χ2n) is 35.2. The van der Waals surface area contributed by atoms with E-state index in [1.807, 2.05) is 12.1 Å². The van der Waals surface area contributed by atoms with E-state index in [9.17, 15) is 0 Å². The number of para-hydroxylation sites is 11. The van der Waals surface area contributed by atoms with Crippen molar-refractivity contribution in [2.75, 3.05) is 0 Å². The maximum atomic E-state index is 6.52. The highest BCUT2D eigenvalue weighted by Gasteiger charge is 2.44. The molecule has 0 amide bonds. The summed E-state index contributed by atoms with van der Waals surface area (Å²) in [7, 11) is -6.14. The Hall–Kier alpha value is -17.6. The minimum Gasteiger partial charge on any atom is -0.456 e. The van der Waals surface area contributed by atoms with Crippen LogP contribution in [0.5, 0.6) is 0 Å². The molecule has 0 aliphatic rings. The molecule has 626 valence electrons. The number of hydrogen-bond acceptors (Lipinski definition) is 6. The van der Waals surface area contributed by atoms with Gasteiger partial charge in [-0.3, -0.25) is 27.1 Å². The lowest BCUT2D eigenvalue weighted by molar-refractivity contribution is 0.668. The minimum absolute atomic E-state index is 0.704.